The SMILES string of the molecule is CC.CCC(CC)c1ccc(OC(OCCCC(=O)Oc2ccccc2)C(C)C)cc1. The quantitative estimate of drug-likeness (QED) is 0.153. The molecule has 0 heterocycles. The fourth-order valence-corrected chi connectivity index (χ4v) is 3.16. The molecular formula is C27H40O4. The maximum Gasteiger partial charge on any atom is 0.311 e. The molecule has 0 saturated carbocycles. The lowest BCUT2D eigenvalue weighted by atomic mass is 9.94. The minimum absolute atomic E-state index is 0.199. The molecule has 2 aromatic rings. The van der Waals surface area contributed by atoms with Crippen LogP contribution in [0.2, 0.25) is 0 Å². The van der Waals surface area contributed by atoms with Gasteiger partial charge in [-0.2, -0.15) is 0 Å². The fraction of sp³-hybridized carbons (Fsp3) is 0.519. The second-order valence-corrected chi connectivity index (χ2v) is 7.57. The summed E-state index contributed by atoms with van der Waals surface area (Å²) in [5.41, 5.74) is 1.35. The van der Waals surface area contributed by atoms with Crippen molar-refractivity contribution in [1.82, 2.24) is 0 Å². The molecule has 2 rings (SSSR count). The molecule has 0 spiro atoms. The van der Waals surface area contributed by atoms with E-state index < -0.39 is 0 Å². The number of carbonyl (C=O) groups is 1. The van der Waals surface area contributed by atoms with Crippen LogP contribution in [0.5, 0.6) is 11.5 Å². The van der Waals surface area contributed by atoms with Gasteiger partial charge in [0.05, 0.1) is 6.61 Å². The van der Waals surface area contributed by atoms with Crippen molar-refractivity contribution < 1.29 is 19.0 Å². The molecule has 0 aromatic heterocycles. The summed E-state index contributed by atoms with van der Waals surface area (Å²) in [5, 5.41) is 0. The molecule has 0 aliphatic heterocycles. The molecule has 0 N–H and O–H groups in total. The molecular weight excluding hydrogens is 388 g/mol. The van der Waals surface area contributed by atoms with Gasteiger partial charge in [0.25, 0.3) is 0 Å². The van der Waals surface area contributed by atoms with Crippen LogP contribution in [0.1, 0.15) is 78.7 Å². The highest BCUT2D eigenvalue weighted by molar-refractivity contribution is 5.72. The summed E-state index contributed by atoms with van der Waals surface area (Å²) in [7, 11) is 0. The zero-order valence-electron chi connectivity index (χ0n) is 20.1. The Kier molecular flexibility index (Phi) is 13.3. The Labute approximate surface area is 188 Å². The summed E-state index contributed by atoms with van der Waals surface area (Å²) in [4.78, 5) is 11.9. The van der Waals surface area contributed by atoms with E-state index in [9.17, 15) is 4.79 Å². The number of benzene rings is 2. The Bertz CT molecular complexity index is 706. The van der Waals surface area contributed by atoms with Crippen molar-refractivity contribution in [2.24, 2.45) is 5.92 Å². The molecule has 1 unspecified atom stereocenters. The van der Waals surface area contributed by atoms with Crippen molar-refractivity contribution in [2.75, 3.05) is 6.61 Å². The molecule has 0 bridgehead atoms. The molecule has 0 aliphatic rings. The van der Waals surface area contributed by atoms with Crippen molar-refractivity contribution in [3.8, 4) is 11.5 Å². The maximum atomic E-state index is 11.9. The van der Waals surface area contributed by atoms with Gasteiger partial charge < -0.3 is 14.2 Å². The zero-order chi connectivity index (χ0) is 23.1. The third-order valence-electron chi connectivity index (χ3n) is 4.92. The van der Waals surface area contributed by atoms with E-state index in [-0.39, 0.29) is 18.2 Å². The van der Waals surface area contributed by atoms with Gasteiger partial charge in [0.2, 0.25) is 6.29 Å². The summed E-state index contributed by atoms with van der Waals surface area (Å²) < 4.78 is 17.2. The van der Waals surface area contributed by atoms with E-state index in [1.54, 1.807) is 12.1 Å². The van der Waals surface area contributed by atoms with Gasteiger partial charge in [-0.1, -0.05) is 71.9 Å². The summed E-state index contributed by atoms with van der Waals surface area (Å²) in [6.45, 7) is 13.0. The first kappa shape index (κ1) is 26.7. The molecule has 0 aliphatic carbocycles. The van der Waals surface area contributed by atoms with Crippen LogP contribution in [-0.2, 0) is 9.53 Å². The van der Waals surface area contributed by atoms with Gasteiger partial charge in [0.1, 0.15) is 11.5 Å². The maximum absolute atomic E-state index is 11.9. The Morgan fingerprint density at radius 3 is 2.03 bits per heavy atom. The van der Waals surface area contributed by atoms with Gasteiger partial charge in [-0.15, -0.1) is 0 Å². The molecule has 0 saturated heterocycles. The highest BCUT2D eigenvalue weighted by atomic mass is 16.7. The molecule has 0 fully saturated rings. The molecule has 31 heavy (non-hydrogen) atoms. The van der Waals surface area contributed by atoms with Crippen molar-refractivity contribution in [2.45, 2.75) is 79.4 Å². The van der Waals surface area contributed by atoms with Crippen LogP contribution in [0.25, 0.3) is 0 Å². The summed E-state index contributed by atoms with van der Waals surface area (Å²) in [6, 6.07) is 17.4. The number of rotatable bonds is 12. The third-order valence-corrected chi connectivity index (χ3v) is 4.92. The van der Waals surface area contributed by atoms with E-state index in [2.05, 4.69) is 39.8 Å². The fourth-order valence-electron chi connectivity index (χ4n) is 3.16. The van der Waals surface area contributed by atoms with Crippen molar-refractivity contribution in [1.29, 1.82) is 0 Å². The zero-order valence-corrected chi connectivity index (χ0v) is 20.1. The van der Waals surface area contributed by atoms with Crippen LogP contribution < -0.4 is 9.47 Å². The van der Waals surface area contributed by atoms with Crippen LogP contribution in [0, 0.1) is 5.92 Å². The van der Waals surface area contributed by atoms with E-state index in [1.165, 1.54) is 5.56 Å². The number of esters is 1. The molecule has 0 amide bonds. The summed E-state index contributed by atoms with van der Waals surface area (Å²) in [6.07, 6.45) is 2.83. The second-order valence-electron chi connectivity index (χ2n) is 7.57. The lowest BCUT2D eigenvalue weighted by Gasteiger charge is -2.23. The normalized spacial score (nSPS) is 11.6. The summed E-state index contributed by atoms with van der Waals surface area (Å²) >= 11 is 0. The number of hydrogen-bond acceptors (Lipinski definition) is 4. The Morgan fingerprint density at radius 2 is 1.48 bits per heavy atom. The third kappa shape index (κ3) is 10.0. The standard InChI is InChI=1S/C25H34O4.C2H6/c1-5-20(6-2)21-14-16-23(17-15-21)29-25(19(3)4)27-18-10-13-24(26)28-22-11-8-7-9-12-22;1-2/h7-9,11-12,14-17,19-20,25H,5-6,10,13,18H2,1-4H3;1-2H3. The summed E-state index contributed by atoms with van der Waals surface area (Å²) in [5.74, 6) is 1.92. The monoisotopic (exact) mass is 428 g/mol. The lowest BCUT2D eigenvalue weighted by molar-refractivity contribution is -0.136. The van der Waals surface area contributed by atoms with Crippen LogP contribution in [0.4, 0.5) is 0 Å². The van der Waals surface area contributed by atoms with E-state index in [0.717, 1.165) is 18.6 Å². The Balaban J connectivity index is 0.00000233. The molecule has 0 radical (unpaired) electrons. The van der Waals surface area contributed by atoms with Gasteiger partial charge in [-0.3, -0.25) is 4.79 Å². The largest absolute Gasteiger partial charge is 0.465 e. The van der Waals surface area contributed by atoms with E-state index >= 15 is 0 Å². The van der Waals surface area contributed by atoms with E-state index in [1.807, 2.05) is 44.2 Å². The molecule has 172 valence electrons. The van der Waals surface area contributed by atoms with Crippen LogP contribution >= 0.6 is 0 Å². The number of carbonyl (C=O) groups excluding carboxylic acids is 1. The van der Waals surface area contributed by atoms with Gasteiger partial charge >= 0.3 is 5.97 Å². The first-order valence-electron chi connectivity index (χ1n) is 11.7. The smallest absolute Gasteiger partial charge is 0.311 e. The van der Waals surface area contributed by atoms with Gasteiger partial charge in [-0.25, -0.2) is 0 Å². The second kappa shape index (κ2) is 15.5. The number of para-hydroxylation sites is 1. The number of hydrogen-bond donors (Lipinski definition) is 0. The van der Waals surface area contributed by atoms with Gasteiger partial charge in [0.15, 0.2) is 0 Å². The average molecular weight is 429 g/mol. The average Bonchev–Trinajstić information content (AvgIpc) is 2.79. The number of ether oxygens (including phenoxy) is 3. The molecule has 4 heteroatoms. The predicted molar refractivity (Wildman–Crippen MR) is 128 cm³/mol. The van der Waals surface area contributed by atoms with Crippen LogP contribution in [-0.4, -0.2) is 18.9 Å². The first-order valence-corrected chi connectivity index (χ1v) is 11.7. The Morgan fingerprint density at radius 1 is 0.871 bits per heavy atom. The van der Waals surface area contributed by atoms with Crippen LogP contribution in [0.15, 0.2) is 54.6 Å². The minimum atomic E-state index is -0.348. The molecule has 4 nitrogen and oxygen atoms in total. The van der Waals surface area contributed by atoms with Gasteiger partial charge in [-0.05, 0) is 55.0 Å². The van der Waals surface area contributed by atoms with Gasteiger partial charge in [0, 0.05) is 12.3 Å². The minimum Gasteiger partial charge on any atom is -0.465 e. The molecule has 1 atom stereocenters. The van der Waals surface area contributed by atoms with E-state index in [0.29, 0.717) is 31.1 Å². The van der Waals surface area contributed by atoms with Crippen molar-refractivity contribution in [3.63, 3.8) is 0 Å². The topological polar surface area (TPSA) is 44.8 Å². The highest BCUT2D eigenvalue weighted by Crippen LogP contribution is 2.26. The van der Waals surface area contributed by atoms with E-state index in [4.69, 9.17) is 14.2 Å². The first-order chi connectivity index (χ1) is 15.0. The van der Waals surface area contributed by atoms with Crippen molar-refractivity contribution >= 4 is 5.97 Å². The lowest BCUT2D eigenvalue weighted by Crippen LogP contribution is -2.27. The highest BCUT2D eigenvalue weighted by Gasteiger charge is 2.17. The van der Waals surface area contributed by atoms with Crippen LogP contribution in [0.3, 0.4) is 0 Å². The Hall–Kier alpha value is -2.33. The molecule has 2 aromatic carbocycles. The van der Waals surface area contributed by atoms with Crippen molar-refractivity contribution in [3.05, 3.63) is 60.2 Å². The predicted octanol–water partition coefficient (Wildman–Crippen LogP) is 7.38.